The Labute approximate surface area is 250 Å². The summed E-state index contributed by atoms with van der Waals surface area (Å²) in [5.41, 5.74) is -0.936. The summed E-state index contributed by atoms with van der Waals surface area (Å²) in [5, 5.41) is 43.5. The van der Waals surface area contributed by atoms with Gasteiger partial charge in [-0.25, -0.2) is 14.6 Å². The van der Waals surface area contributed by atoms with Crippen LogP contribution in [0.5, 0.6) is 0 Å². The highest BCUT2D eigenvalue weighted by atomic mass is 35.5. The minimum atomic E-state index is -2.69. The normalized spacial score (nSPS) is 13.6. The number of aliphatic hydroxyl groups excluding tert-OH is 2. The van der Waals surface area contributed by atoms with E-state index in [2.05, 4.69) is 26.2 Å². The van der Waals surface area contributed by atoms with Gasteiger partial charge in [0.05, 0.1) is 19.5 Å². The van der Waals surface area contributed by atoms with Gasteiger partial charge in [0.15, 0.2) is 29.3 Å². The number of aromatic nitrogens is 4. The molecule has 4 aromatic rings. The Morgan fingerprint density at radius 2 is 1.67 bits per heavy atom. The zero-order valence-corrected chi connectivity index (χ0v) is 23.3. The Kier molecular flexibility index (Phi) is 10.3. The van der Waals surface area contributed by atoms with Crippen LogP contribution in [0.25, 0.3) is 11.2 Å². The van der Waals surface area contributed by atoms with Crippen LogP contribution in [0.3, 0.4) is 0 Å². The Morgan fingerprint density at radius 1 is 1.05 bits per heavy atom. The summed E-state index contributed by atoms with van der Waals surface area (Å²) in [4.78, 5) is 37.1. The molecule has 0 aliphatic heterocycles. The predicted molar refractivity (Wildman–Crippen MR) is 154 cm³/mol. The van der Waals surface area contributed by atoms with Gasteiger partial charge in [-0.3, -0.25) is 4.57 Å². The molecule has 2 aromatic carbocycles. The van der Waals surface area contributed by atoms with Crippen molar-refractivity contribution in [3.63, 3.8) is 0 Å². The minimum absolute atomic E-state index is 0.127. The number of carboxylic acids is 2. The average molecular weight is 610 g/mol. The summed E-state index contributed by atoms with van der Waals surface area (Å²) in [6.07, 6.45) is 1.87. The molecule has 14 heteroatoms. The molecule has 4 rings (SSSR count). The van der Waals surface area contributed by atoms with E-state index >= 15 is 0 Å². The first-order valence-corrected chi connectivity index (χ1v) is 13.3. The Hall–Kier alpha value is -4.58. The maximum absolute atomic E-state index is 12.2. The summed E-state index contributed by atoms with van der Waals surface area (Å²) >= 11 is 6.19. The molecular weight excluding hydrogens is 582 g/mol. The lowest BCUT2D eigenvalue weighted by molar-refractivity contribution is -0.195. The van der Waals surface area contributed by atoms with Crippen LogP contribution < -0.4 is 5.32 Å². The molecule has 0 bridgehead atoms. The van der Waals surface area contributed by atoms with Gasteiger partial charge in [-0.1, -0.05) is 66.6 Å². The number of nitrogens with one attached hydrogen (secondary N) is 1. The number of terminal acetylenes is 1. The molecule has 43 heavy (non-hydrogen) atoms. The maximum Gasteiger partial charge on any atom is 0.348 e. The molecule has 0 aliphatic carbocycles. The number of ether oxygens (including phenoxy) is 2. The number of carboxylic acid groups (broad SMARTS) is 2. The van der Waals surface area contributed by atoms with E-state index in [1.165, 1.54) is 10.9 Å². The number of nitrogens with zero attached hydrogens (tertiary/aromatic N) is 4. The van der Waals surface area contributed by atoms with Gasteiger partial charge < -0.3 is 35.2 Å². The van der Waals surface area contributed by atoms with E-state index in [9.17, 15) is 30.0 Å². The second kappa shape index (κ2) is 14.1. The quantitative estimate of drug-likeness (QED) is 0.0751. The van der Waals surface area contributed by atoms with Crippen molar-refractivity contribution >= 4 is 40.5 Å². The Bertz CT molecular complexity index is 1580. The first-order chi connectivity index (χ1) is 20.7. The summed E-state index contributed by atoms with van der Waals surface area (Å²) in [5.74, 6) is -1.06. The van der Waals surface area contributed by atoms with Crippen molar-refractivity contribution in [3.05, 3.63) is 83.4 Å². The van der Waals surface area contributed by atoms with Crippen LogP contribution in [-0.4, -0.2) is 82.9 Å². The van der Waals surface area contributed by atoms with Gasteiger partial charge in [0.2, 0.25) is 5.28 Å². The fourth-order valence-electron chi connectivity index (χ4n) is 4.22. The number of hydrogen-bond donors (Lipinski definition) is 5. The molecule has 3 atom stereocenters. The van der Waals surface area contributed by atoms with Crippen LogP contribution in [0.2, 0.25) is 5.28 Å². The second-order valence-corrected chi connectivity index (χ2v) is 9.70. The third-order valence-electron chi connectivity index (χ3n) is 6.45. The number of anilines is 1. The standard InChI is InChI=1S/C29H28ClN5O8/c1-2-21(37)25(35-17-32-22-23(33-28(30)34-24(22)35)31-14-19-11-7-4-8-12-19)43-20(15-36)16-42-29(26(38)39,27(40)41)13-18-9-5-3-6-10-18/h1,3-12,17,20-21,25,36-37H,13-16H2,(H,38,39)(H,40,41)(H,31,33,34)/t20-,21+,25+/m0/s1. The van der Waals surface area contributed by atoms with E-state index in [4.69, 9.17) is 27.5 Å². The molecule has 0 fully saturated rings. The second-order valence-electron chi connectivity index (χ2n) is 9.36. The average Bonchev–Trinajstić information content (AvgIpc) is 3.43. The highest BCUT2D eigenvalue weighted by molar-refractivity contribution is 6.28. The number of aliphatic hydroxyl groups is 2. The first kappa shape index (κ1) is 31.4. The van der Waals surface area contributed by atoms with Gasteiger partial charge in [0.1, 0.15) is 6.10 Å². The maximum atomic E-state index is 12.2. The van der Waals surface area contributed by atoms with Crippen molar-refractivity contribution in [2.45, 2.75) is 37.0 Å². The van der Waals surface area contributed by atoms with Gasteiger partial charge in [-0.2, -0.15) is 9.97 Å². The van der Waals surface area contributed by atoms with Crippen LogP contribution in [0, 0.1) is 12.3 Å². The van der Waals surface area contributed by atoms with Gasteiger partial charge in [0.25, 0.3) is 5.60 Å². The lowest BCUT2D eigenvalue weighted by atomic mass is 9.94. The predicted octanol–water partition coefficient (Wildman–Crippen LogP) is 2.13. The van der Waals surface area contributed by atoms with E-state index in [1.807, 2.05) is 30.3 Å². The third kappa shape index (κ3) is 7.26. The zero-order valence-electron chi connectivity index (χ0n) is 22.6. The van der Waals surface area contributed by atoms with Gasteiger partial charge in [0, 0.05) is 13.0 Å². The van der Waals surface area contributed by atoms with Crippen molar-refractivity contribution in [1.29, 1.82) is 0 Å². The molecular formula is C29H28ClN5O8. The van der Waals surface area contributed by atoms with E-state index in [0.717, 1.165) is 5.56 Å². The summed E-state index contributed by atoms with van der Waals surface area (Å²) in [6, 6.07) is 17.6. The Morgan fingerprint density at radius 3 is 2.26 bits per heavy atom. The molecule has 0 radical (unpaired) electrons. The number of imidazole rings is 1. The number of benzene rings is 2. The van der Waals surface area contributed by atoms with E-state index in [-0.39, 0.29) is 16.4 Å². The SMILES string of the molecule is C#C[C@@H](O)[C@@H](O[C@@H](CO)COC(Cc1ccccc1)(C(=O)O)C(=O)O)n1cnc2c(NCc3ccccc3)nc(Cl)nc21. The van der Waals surface area contributed by atoms with Crippen molar-refractivity contribution in [2.75, 3.05) is 18.5 Å². The largest absolute Gasteiger partial charge is 0.479 e. The highest BCUT2D eigenvalue weighted by Gasteiger charge is 2.49. The van der Waals surface area contributed by atoms with Gasteiger partial charge >= 0.3 is 11.9 Å². The van der Waals surface area contributed by atoms with Gasteiger partial charge in [-0.05, 0) is 22.7 Å². The van der Waals surface area contributed by atoms with Crippen molar-refractivity contribution < 1.29 is 39.5 Å². The molecule has 0 saturated heterocycles. The van der Waals surface area contributed by atoms with E-state index in [1.54, 1.807) is 30.3 Å². The molecule has 13 nitrogen and oxygen atoms in total. The number of carbonyl (C=O) groups is 2. The monoisotopic (exact) mass is 609 g/mol. The summed E-state index contributed by atoms with van der Waals surface area (Å²) < 4.78 is 12.6. The van der Waals surface area contributed by atoms with Crippen molar-refractivity contribution in [2.24, 2.45) is 0 Å². The number of rotatable bonds is 15. The molecule has 0 saturated carbocycles. The number of fused-ring (bicyclic) bond motifs is 1. The van der Waals surface area contributed by atoms with Crippen LogP contribution in [-0.2, 0) is 32.0 Å². The lowest BCUT2D eigenvalue weighted by Gasteiger charge is -2.30. The number of halogens is 1. The van der Waals surface area contributed by atoms with Crippen LogP contribution in [0.15, 0.2) is 67.0 Å². The van der Waals surface area contributed by atoms with Gasteiger partial charge in [-0.15, -0.1) is 6.42 Å². The Balaban J connectivity index is 1.59. The first-order valence-electron chi connectivity index (χ1n) is 12.9. The molecule has 2 heterocycles. The third-order valence-corrected chi connectivity index (χ3v) is 6.62. The number of aliphatic carboxylic acids is 2. The minimum Gasteiger partial charge on any atom is -0.479 e. The van der Waals surface area contributed by atoms with Crippen molar-refractivity contribution in [1.82, 2.24) is 19.5 Å². The van der Waals surface area contributed by atoms with E-state index in [0.29, 0.717) is 17.9 Å². The van der Waals surface area contributed by atoms with E-state index < -0.39 is 55.6 Å². The van der Waals surface area contributed by atoms with Crippen LogP contribution in [0.1, 0.15) is 17.4 Å². The van der Waals surface area contributed by atoms with Crippen LogP contribution >= 0.6 is 11.6 Å². The number of hydrogen-bond acceptors (Lipinski definition) is 10. The molecule has 224 valence electrons. The molecule has 5 N–H and O–H groups in total. The summed E-state index contributed by atoms with van der Waals surface area (Å²) in [7, 11) is 0. The van der Waals surface area contributed by atoms with Crippen molar-refractivity contribution in [3.8, 4) is 12.3 Å². The van der Waals surface area contributed by atoms with Crippen LogP contribution in [0.4, 0.5) is 5.82 Å². The lowest BCUT2D eigenvalue weighted by Crippen LogP contribution is -2.52. The highest BCUT2D eigenvalue weighted by Crippen LogP contribution is 2.28. The zero-order chi connectivity index (χ0) is 31.0. The topological polar surface area (TPSA) is 189 Å². The molecule has 0 unspecified atom stereocenters. The molecule has 2 aromatic heterocycles. The smallest absolute Gasteiger partial charge is 0.348 e. The summed E-state index contributed by atoms with van der Waals surface area (Å²) in [6.45, 7) is -1.05. The molecule has 0 spiro atoms. The molecule has 0 amide bonds. The molecule has 0 aliphatic rings. The fourth-order valence-corrected chi connectivity index (χ4v) is 4.39. The fraction of sp³-hybridized carbons (Fsp3) is 0.276.